The third kappa shape index (κ3) is 2.08. The van der Waals surface area contributed by atoms with Gasteiger partial charge in [-0.25, -0.2) is 0 Å². The van der Waals surface area contributed by atoms with Gasteiger partial charge in [-0.1, -0.05) is 55.5 Å². The molecule has 23 heavy (non-hydrogen) atoms. The minimum Gasteiger partial charge on any atom is -0.507 e. The van der Waals surface area contributed by atoms with Gasteiger partial charge in [0.05, 0.1) is 0 Å². The predicted octanol–water partition coefficient (Wildman–Crippen LogP) is 5.50. The molecule has 0 spiro atoms. The summed E-state index contributed by atoms with van der Waals surface area (Å²) in [6, 6.07) is 18.9. The molecule has 3 aromatic carbocycles. The Morgan fingerprint density at radius 3 is 2.43 bits per heavy atom. The first-order chi connectivity index (χ1) is 11.2. The fraction of sp³-hybridized carbons (Fsp3) is 0.182. The fourth-order valence-electron chi connectivity index (χ4n) is 3.89. The summed E-state index contributed by atoms with van der Waals surface area (Å²) in [5.74, 6) is 0.386. The Kier molecular flexibility index (Phi) is 3.23. The number of aryl methyl sites for hydroxylation is 1. The van der Waals surface area contributed by atoms with Crippen LogP contribution in [0.2, 0.25) is 0 Å². The number of fused-ring (bicyclic) bond motifs is 3. The minimum atomic E-state index is 0.386. The summed E-state index contributed by atoms with van der Waals surface area (Å²) in [6.07, 6.45) is 1.87. The van der Waals surface area contributed by atoms with Crippen LogP contribution in [0.15, 0.2) is 54.6 Å². The summed E-state index contributed by atoms with van der Waals surface area (Å²) in [7, 11) is 0. The Hall–Kier alpha value is -2.54. The van der Waals surface area contributed by atoms with Crippen molar-refractivity contribution in [2.24, 2.45) is 0 Å². The number of benzene rings is 3. The first kappa shape index (κ1) is 14.1. The van der Waals surface area contributed by atoms with Crippen molar-refractivity contribution in [2.45, 2.75) is 26.7 Å². The molecule has 0 saturated heterocycles. The van der Waals surface area contributed by atoms with E-state index in [0.29, 0.717) is 5.75 Å². The van der Waals surface area contributed by atoms with Crippen LogP contribution < -0.4 is 0 Å². The highest BCUT2D eigenvalue weighted by Crippen LogP contribution is 2.44. The van der Waals surface area contributed by atoms with Gasteiger partial charge in [-0.2, -0.15) is 0 Å². The van der Waals surface area contributed by atoms with Gasteiger partial charge in [0.2, 0.25) is 0 Å². The summed E-state index contributed by atoms with van der Waals surface area (Å²) < 4.78 is 0. The van der Waals surface area contributed by atoms with Gasteiger partial charge in [0.25, 0.3) is 0 Å². The molecule has 0 fully saturated rings. The van der Waals surface area contributed by atoms with E-state index < -0.39 is 0 Å². The van der Waals surface area contributed by atoms with Gasteiger partial charge in [-0.15, -0.1) is 0 Å². The molecule has 0 aromatic heterocycles. The second-order valence-corrected chi connectivity index (χ2v) is 6.27. The van der Waals surface area contributed by atoms with E-state index in [-0.39, 0.29) is 0 Å². The smallest absolute Gasteiger partial charge is 0.123 e. The van der Waals surface area contributed by atoms with Crippen LogP contribution in [0, 0.1) is 6.92 Å². The van der Waals surface area contributed by atoms with Crippen LogP contribution in [0.1, 0.15) is 29.2 Å². The SMILES string of the molecule is CCc1c(C)ccc(O)c1-c1cccc2c1Cc1ccccc1-2. The molecular formula is C22H20O. The molecule has 1 aliphatic rings. The first-order valence-electron chi connectivity index (χ1n) is 8.22. The molecule has 1 N–H and O–H groups in total. The topological polar surface area (TPSA) is 20.2 Å². The third-order valence-electron chi connectivity index (χ3n) is 5.00. The lowest BCUT2D eigenvalue weighted by Crippen LogP contribution is -1.96. The van der Waals surface area contributed by atoms with Gasteiger partial charge >= 0.3 is 0 Å². The number of phenols is 1. The highest BCUT2D eigenvalue weighted by molar-refractivity contribution is 5.87. The van der Waals surface area contributed by atoms with Crippen molar-refractivity contribution in [3.63, 3.8) is 0 Å². The maximum atomic E-state index is 10.5. The molecule has 0 atom stereocenters. The molecule has 3 aromatic rings. The van der Waals surface area contributed by atoms with Gasteiger partial charge in [0, 0.05) is 5.56 Å². The standard InChI is InChI=1S/C22H20O/c1-3-16-14(2)11-12-21(23)22(16)19-10-6-9-18-17-8-5-4-7-15(17)13-20(18)19/h4-12,23H,3,13H2,1-2H3. The molecule has 4 rings (SSSR count). The summed E-state index contributed by atoms with van der Waals surface area (Å²) in [5, 5.41) is 10.5. The number of aromatic hydroxyl groups is 1. The Bertz CT molecular complexity index is 906. The van der Waals surface area contributed by atoms with Crippen molar-refractivity contribution >= 4 is 0 Å². The van der Waals surface area contributed by atoms with Crippen molar-refractivity contribution in [3.8, 4) is 28.0 Å². The number of hydrogen-bond acceptors (Lipinski definition) is 1. The van der Waals surface area contributed by atoms with Crippen molar-refractivity contribution in [2.75, 3.05) is 0 Å². The van der Waals surface area contributed by atoms with Crippen LogP contribution >= 0.6 is 0 Å². The van der Waals surface area contributed by atoms with Gasteiger partial charge in [-0.3, -0.25) is 0 Å². The van der Waals surface area contributed by atoms with Gasteiger partial charge in [-0.05, 0) is 64.8 Å². The molecule has 0 radical (unpaired) electrons. The maximum Gasteiger partial charge on any atom is 0.123 e. The summed E-state index contributed by atoms with van der Waals surface area (Å²) >= 11 is 0. The van der Waals surface area contributed by atoms with E-state index >= 15 is 0 Å². The van der Waals surface area contributed by atoms with Crippen LogP contribution in [0.3, 0.4) is 0 Å². The van der Waals surface area contributed by atoms with E-state index in [1.54, 1.807) is 0 Å². The molecular weight excluding hydrogens is 280 g/mol. The van der Waals surface area contributed by atoms with E-state index in [1.165, 1.54) is 38.9 Å². The third-order valence-corrected chi connectivity index (χ3v) is 5.00. The molecule has 0 aliphatic heterocycles. The molecule has 0 amide bonds. The van der Waals surface area contributed by atoms with Crippen molar-refractivity contribution in [1.82, 2.24) is 0 Å². The lowest BCUT2D eigenvalue weighted by molar-refractivity contribution is 0.476. The average Bonchev–Trinajstić information content (AvgIpc) is 2.95. The highest BCUT2D eigenvalue weighted by Gasteiger charge is 2.23. The summed E-state index contributed by atoms with van der Waals surface area (Å²) in [5.41, 5.74) is 10.0. The van der Waals surface area contributed by atoms with E-state index in [0.717, 1.165) is 18.4 Å². The van der Waals surface area contributed by atoms with E-state index in [4.69, 9.17) is 0 Å². The van der Waals surface area contributed by atoms with Gasteiger partial charge < -0.3 is 5.11 Å². The zero-order valence-electron chi connectivity index (χ0n) is 13.6. The van der Waals surface area contributed by atoms with Crippen LogP contribution in [0.5, 0.6) is 5.75 Å². The Morgan fingerprint density at radius 1 is 0.870 bits per heavy atom. The summed E-state index contributed by atoms with van der Waals surface area (Å²) in [4.78, 5) is 0. The predicted molar refractivity (Wildman–Crippen MR) is 95.9 cm³/mol. The Balaban J connectivity index is 2.00. The van der Waals surface area contributed by atoms with Crippen LogP contribution in [-0.2, 0) is 12.8 Å². The van der Waals surface area contributed by atoms with E-state index in [9.17, 15) is 5.11 Å². The molecule has 1 aliphatic carbocycles. The quantitative estimate of drug-likeness (QED) is 0.518. The number of rotatable bonds is 2. The van der Waals surface area contributed by atoms with Crippen molar-refractivity contribution in [3.05, 3.63) is 76.9 Å². The second-order valence-electron chi connectivity index (χ2n) is 6.27. The lowest BCUT2D eigenvalue weighted by Gasteiger charge is -2.16. The maximum absolute atomic E-state index is 10.5. The van der Waals surface area contributed by atoms with Gasteiger partial charge in [0.15, 0.2) is 0 Å². The normalized spacial score (nSPS) is 12.1. The number of phenolic OH excluding ortho intramolecular Hbond substituents is 1. The summed E-state index contributed by atoms with van der Waals surface area (Å²) in [6.45, 7) is 4.28. The van der Waals surface area contributed by atoms with E-state index in [1.807, 2.05) is 12.1 Å². The van der Waals surface area contributed by atoms with Crippen LogP contribution in [-0.4, -0.2) is 5.11 Å². The fourth-order valence-corrected chi connectivity index (χ4v) is 3.89. The average molecular weight is 300 g/mol. The number of hydrogen-bond donors (Lipinski definition) is 1. The molecule has 1 nitrogen and oxygen atoms in total. The first-order valence-corrected chi connectivity index (χ1v) is 8.22. The van der Waals surface area contributed by atoms with Crippen molar-refractivity contribution in [1.29, 1.82) is 0 Å². The largest absolute Gasteiger partial charge is 0.507 e. The minimum absolute atomic E-state index is 0.386. The Morgan fingerprint density at radius 2 is 1.61 bits per heavy atom. The molecule has 0 saturated carbocycles. The lowest BCUT2D eigenvalue weighted by atomic mass is 9.89. The van der Waals surface area contributed by atoms with Crippen LogP contribution in [0.4, 0.5) is 0 Å². The molecule has 0 heterocycles. The highest BCUT2D eigenvalue weighted by atomic mass is 16.3. The molecule has 0 unspecified atom stereocenters. The van der Waals surface area contributed by atoms with E-state index in [2.05, 4.69) is 56.3 Å². The molecule has 114 valence electrons. The molecule has 0 bridgehead atoms. The van der Waals surface area contributed by atoms with Crippen LogP contribution in [0.25, 0.3) is 22.3 Å². The zero-order valence-corrected chi connectivity index (χ0v) is 13.6. The zero-order chi connectivity index (χ0) is 16.0. The Labute approximate surface area is 137 Å². The monoisotopic (exact) mass is 300 g/mol. The molecule has 1 heteroatoms. The second kappa shape index (κ2) is 5.27. The van der Waals surface area contributed by atoms with Gasteiger partial charge in [0.1, 0.15) is 5.75 Å². The van der Waals surface area contributed by atoms with Crippen molar-refractivity contribution < 1.29 is 5.11 Å².